The molecule has 1 aliphatic heterocycles. The predicted octanol–water partition coefficient (Wildman–Crippen LogP) is 1.92. The number of carbonyl (C=O) groups excluding carboxylic acids is 1. The van der Waals surface area contributed by atoms with Crippen LogP contribution < -0.4 is 10.5 Å². The fourth-order valence-corrected chi connectivity index (χ4v) is 3.48. The normalized spacial score (nSPS) is 14.5. The van der Waals surface area contributed by atoms with Gasteiger partial charge in [0.2, 0.25) is 11.9 Å². The highest BCUT2D eigenvalue weighted by Gasteiger charge is 2.23. The summed E-state index contributed by atoms with van der Waals surface area (Å²) in [5.74, 6) is 1.19. The van der Waals surface area contributed by atoms with Crippen molar-refractivity contribution in [3.8, 4) is 0 Å². The lowest BCUT2D eigenvalue weighted by atomic mass is 10.1. The van der Waals surface area contributed by atoms with E-state index in [1.807, 2.05) is 30.9 Å². The van der Waals surface area contributed by atoms with E-state index in [0.717, 1.165) is 11.1 Å². The van der Waals surface area contributed by atoms with Crippen molar-refractivity contribution in [2.45, 2.75) is 20.8 Å². The van der Waals surface area contributed by atoms with Crippen LogP contribution in [0, 0.1) is 6.92 Å². The quantitative estimate of drug-likeness (QED) is 0.769. The van der Waals surface area contributed by atoms with Gasteiger partial charge in [-0.1, -0.05) is 6.58 Å². The van der Waals surface area contributed by atoms with Crippen molar-refractivity contribution in [2.75, 3.05) is 37.7 Å². The molecule has 0 radical (unpaired) electrons. The Kier molecular flexibility index (Phi) is 5.21. The first-order valence-electron chi connectivity index (χ1n) is 9.17. The van der Waals surface area contributed by atoms with Gasteiger partial charge in [-0.15, -0.1) is 0 Å². The summed E-state index contributed by atoms with van der Waals surface area (Å²) < 4.78 is 7.17. The van der Waals surface area contributed by atoms with Gasteiger partial charge in [-0.3, -0.25) is 14.2 Å². The molecule has 7 nitrogen and oxygen atoms in total. The molecule has 0 bridgehead atoms. The van der Waals surface area contributed by atoms with Crippen LogP contribution >= 0.6 is 0 Å². The summed E-state index contributed by atoms with van der Waals surface area (Å²) in [6.07, 6.45) is 0. The van der Waals surface area contributed by atoms with Crippen LogP contribution in [0.3, 0.4) is 0 Å². The first-order valence-corrected chi connectivity index (χ1v) is 9.17. The van der Waals surface area contributed by atoms with Crippen molar-refractivity contribution in [1.82, 2.24) is 14.5 Å². The third kappa shape index (κ3) is 3.54. The summed E-state index contributed by atoms with van der Waals surface area (Å²) in [7, 11) is 1.74. The van der Waals surface area contributed by atoms with Crippen molar-refractivity contribution >= 4 is 28.5 Å². The maximum absolute atomic E-state index is 13.0. The number of aryl methyl sites for hydroxylation is 1. The summed E-state index contributed by atoms with van der Waals surface area (Å²) in [6, 6.07) is 3.80. The number of hydrogen-bond donors (Lipinski definition) is 0. The molecule has 144 valence electrons. The lowest BCUT2D eigenvalue weighted by molar-refractivity contribution is -0.129. The second-order valence-corrected chi connectivity index (χ2v) is 6.83. The molecule has 0 aliphatic carbocycles. The molecule has 27 heavy (non-hydrogen) atoms. The van der Waals surface area contributed by atoms with Crippen molar-refractivity contribution in [3.05, 3.63) is 40.2 Å². The third-order valence-corrected chi connectivity index (χ3v) is 4.93. The van der Waals surface area contributed by atoms with Gasteiger partial charge in [0.1, 0.15) is 5.76 Å². The lowest BCUT2D eigenvalue weighted by Crippen LogP contribution is -2.49. The van der Waals surface area contributed by atoms with Crippen molar-refractivity contribution in [1.29, 1.82) is 0 Å². The second kappa shape index (κ2) is 7.42. The van der Waals surface area contributed by atoms with Crippen LogP contribution in [0.2, 0.25) is 0 Å². The highest BCUT2D eigenvalue weighted by atomic mass is 16.5. The Bertz CT molecular complexity index is 956. The van der Waals surface area contributed by atoms with E-state index in [1.54, 1.807) is 23.4 Å². The van der Waals surface area contributed by atoms with Crippen molar-refractivity contribution in [3.63, 3.8) is 0 Å². The molecule has 7 heteroatoms. The fraction of sp³-hybridized carbons (Fsp3) is 0.450. The van der Waals surface area contributed by atoms with Gasteiger partial charge >= 0.3 is 0 Å². The van der Waals surface area contributed by atoms with Gasteiger partial charge in [0.15, 0.2) is 0 Å². The van der Waals surface area contributed by atoms with E-state index in [1.165, 1.54) is 0 Å². The molecule has 1 amide bonds. The van der Waals surface area contributed by atoms with E-state index in [9.17, 15) is 9.59 Å². The number of carbonyl (C=O) groups is 1. The molecule has 1 fully saturated rings. The molecule has 2 aromatic rings. The Morgan fingerprint density at radius 1 is 1.26 bits per heavy atom. The van der Waals surface area contributed by atoms with Crippen LogP contribution in [0.4, 0.5) is 5.95 Å². The minimum Gasteiger partial charge on any atom is -0.494 e. The van der Waals surface area contributed by atoms with E-state index < -0.39 is 0 Å². The summed E-state index contributed by atoms with van der Waals surface area (Å²) in [4.78, 5) is 33.2. The molecule has 0 N–H and O–H groups in total. The number of benzene rings is 1. The molecular weight excluding hydrogens is 344 g/mol. The molecule has 0 saturated carbocycles. The van der Waals surface area contributed by atoms with Gasteiger partial charge in [-0.05, 0) is 31.5 Å². The average Bonchev–Trinajstić information content (AvgIpc) is 2.64. The smallest absolute Gasteiger partial charge is 0.262 e. The second-order valence-electron chi connectivity index (χ2n) is 6.83. The van der Waals surface area contributed by atoms with Gasteiger partial charge < -0.3 is 14.5 Å². The van der Waals surface area contributed by atoms with Gasteiger partial charge in [-0.25, -0.2) is 4.98 Å². The largest absolute Gasteiger partial charge is 0.494 e. The number of piperazine rings is 1. The standard InChI is InChI=1S/C20H26N4O3/c1-6-27-14(3)16-11-13(2)12-17-18(16)21-20(22(5)19(17)26)24-9-7-23(8-10-24)15(4)25/h11-12H,3,6-10H2,1-2,4-5H3. The van der Waals surface area contributed by atoms with Crippen molar-refractivity contribution in [2.24, 2.45) is 7.05 Å². The molecule has 2 heterocycles. The van der Waals surface area contributed by atoms with E-state index in [2.05, 4.69) is 6.58 Å². The molecule has 1 saturated heterocycles. The van der Waals surface area contributed by atoms with Gasteiger partial charge in [0, 0.05) is 45.7 Å². The Morgan fingerprint density at radius 2 is 1.93 bits per heavy atom. The molecule has 3 rings (SSSR count). The van der Waals surface area contributed by atoms with Crippen molar-refractivity contribution < 1.29 is 9.53 Å². The van der Waals surface area contributed by atoms with E-state index in [0.29, 0.717) is 55.4 Å². The summed E-state index contributed by atoms with van der Waals surface area (Å²) >= 11 is 0. The molecule has 0 atom stereocenters. The van der Waals surface area contributed by atoms with Gasteiger partial charge in [0.05, 0.1) is 17.5 Å². The maximum atomic E-state index is 13.0. The monoisotopic (exact) mass is 370 g/mol. The molecule has 1 aliphatic rings. The molecular formula is C20H26N4O3. The molecule has 0 unspecified atom stereocenters. The van der Waals surface area contributed by atoms with Crippen LogP contribution in [0.5, 0.6) is 0 Å². The third-order valence-electron chi connectivity index (χ3n) is 4.93. The number of aromatic nitrogens is 2. The zero-order valence-corrected chi connectivity index (χ0v) is 16.4. The Morgan fingerprint density at radius 3 is 2.52 bits per heavy atom. The summed E-state index contributed by atoms with van der Waals surface area (Å²) in [5, 5.41) is 0.555. The fourth-order valence-electron chi connectivity index (χ4n) is 3.48. The Balaban J connectivity index is 2.10. The number of hydrogen-bond acceptors (Lipinski definition) is 5. The maximum Gasteiger partial charge on any atom is 0.262 e. The topological polar surface area (TPSA) is 67.7 Å². The SMILES string of the molecule is C=C(OCC)c1cc(C)cc2c(=O)n(C)c(N3CCN(C(C)=O)CC3)nc12. The van der Waals surface area contributed by atoms with Crippen LogP contribution in [-0.2, 0) is 16.6 Å². The summed E-state index contributed by atoms with van der Waals surface area (Å²) in [5.41, 5.74) is 2.21. The van der Waals surface area contributed by atoms with E-state index >= 15 is 0 Å². The number of ether oxygens (including phenoxy) is 1. The first-order chi connectivity index (χ1) is 12.8. The first kappa shape index (κ1) is 18.9. The zero-order chi connectivity index (χ0) is 19.7. The number of anilines is 1. The Labute approximate surface area is 158 Å². The average molecular weight is 370 g/mol. The minimum absolute atomic E-state index is 0.0702. The number of amides is 1. The predicted molar refractivity (Wildman–Crippen MR) is 107 cm³/mol. The number of rotatable bonds is 4. The molecule has 1 aromatic carbocycles. The summed E-state index contributed by atoms with van der Waals surface area (Å²) in [6.45, 7) is 12.4. The van der Waals surface area contributed by atoms with Crippen LogP contribution in [0.1, 0.15) is 25.0 Å². The van der Waals surface area contributed by atoms with Crippen LogP contribution in [-0.4, -0.2) is 53.1 Å². The van der Waals surface area contributed by atoms with E-state index in [4.69, 9.17) is 9.72 Å². The molecule has 0 spiro atoms. The lowest BCUT2D eigenvalue weighted by Gasteiger charge is -2.35. The van der Waals surface area contributed by atoms with Gasteiger partial charge in [0.25, 0.3) is 5.56 Å². The zero-order valence-electron chi connectivity index (χ0n) is 16.4. The van der Waals surface area contributed by atoms with Crippen LogP contribution in [0.15, 0.2) is 23.5 Å². The Hall–Kier alpha value is -2.83. The number of fused-ring (bicyclic) bond motifs is 1. The molecule has 1 aromatic heterocycles. The highest BCUT2D eigenvalue weighted by molar-refractivity contribution is 5.90. The van der Waals surface area contributed by atoms with E-state index in [-0.39, 0.29) is 11.5 Å². The van der Waals surface area contributed by atoms with Gasteiger partial charge in [-0.2, -0.15) is 0 Å². The van der Waals surface area contributed by atoms with Crippen LogP contribution in [0.25, 0.3) is 16.7 Å². The minimum atomic E-state index is -0.0988. The number of nitrogens with zero attached hydrogens (tertiary/aromatic N) is 4. The highest BCUT2D eigenvalue weighted by Crippen LogP contribution is 2.26.